The molecule has 0 bridgehead atoms. The van der Waals surface area contributed by atoms with E-state index in [1.807, 2.05) is 18.2 Å². The number of hydrogen-bond acceptors (Lipinski definition) is 2. The first-order valence-corrected chi connectivity index (χ1v) is 7.61. The molecule has 2 N–H and O–H groups in total. The second-order valence-corrected chi connectivity index (χ2v) is 6.09. The lowest BCUT2D eigenvalue weighted by Crippen LogP contribution is -2.30. The van der Waals surface area contributed by atoms with Gasteiger partial charge in [0.2, 0.25) is 0 Å². The molecule has 1 unspecified atom stereocenters. The van der Waals surface area contributed by atoms with Gasteiger partial charge in [-0.15, -0.1) is 0 Å². The Morgan fingerprint density at radius 3 is 2.29 bits per heavy atom. The maximum Gasteiger partial charge on any atom is 0.0471 e. The largest absolute Gasteiger partial charge is 0.329 e. The predicted molar refractivity (Wildman–Crippen MR) is 90.6 cm³/mol. The van der Waals surface area contributed by atoms with Crippen LogP contribution in [0.3, 0.4) is 0 Å². The molecule has 2 rings (SSSR count). The highest BCUT2D eigenvalue weighted by atomic mass is 35.5. The summed E-state index contributed by atoms with van der Waals surface area (Å²) in [5, 5.41) is 0.806. The summed E-state index contributed by atoms with van der Waals surface area (Å²) in [6.07, 6.45) is 0. The fourth-order valence-corrected chi connectivity index (χ4v) is 2.97. The summed E-state index contributed by atoms with van der Waals surface area (Å²) in [5.74, 6) is 0. The van der Waals surface area contributed by atoms with Gasteiger partial charge in [-0.3, -0.25) is 4.90 Å². The molecule has 2 aromatic carbocycles. The Hall–Kier alpha value is -1.35. The molecule has 0 amide bonds. The zero-order chi connectivity index (χ0) is 15.4. The van der Waals surface area contributed by atoms with Crippen LogP contribution in [0.2, 0.25) is 5.02 Å². The predicted octanol–water partition coefficient (Wildman–Crippen LogP) is 4.09. The van der Waals surface area contributed by atoms with Crippen molar-refractivity contribution in [2.75, 3.05) is 13.6 Å². The summed E-state index contributed by atoms with van der Waals surface area (Å²) in [5.41, 5.74) is 11.0. The van der Waals surface area contributed by atoms with Gasteiger partial charge in [-0.1, -0.05) is 59.1 Å². The van der Waals surface area contributed by atoms with Crippen molar-refractivity contribution < 1.29 is 0 Å². The first kappa shape index (κ1) is 16.0. The second-order valence-electron chi connectivity index (χ2n) is 5.68. The number of aryl methyl sites for hydroxylation is 2. The highest BCUT2D eigenvalue weighted by Gasteiger charge is 2.17. The average molecular weight is 303 g/mol. The summed E-state index contributed by atoms with van der Waals surface area (Å²) < 4.78 is 0. The molecule has 0 spiro atoms. The summed E-state index contributed by atoms with van der Waals surface area (Å²) in [6, 6.07) is 14.8. The normalized spacial score (nSPS) is 12.7. The molecule has 2 aromatic rings. The van der Waals surface area contributed by atoms with Crippen molar-refractivity contribution in [3.8, 4) is 0 Å². The minimum atomic E-state index is 0.194. The first-order valence-electron chi connectivity index (χ1n) is 7.23. The van der Waals surface area contributed by atoms with Crippen LogP contribution in [0.15, 0.2) is 42.5 Å². The van der Waals surface area contributed by atoms with Gasteiger partial charge in [-0.2, -0.15) is 0 Å². The van der Waals surface area contributed by atoms with Gasteiger partial charge < -0.3 is 5.73 Å². The van der Waals surface area contributed by atoms with E-state index in [1.54, 1.807) is 0 Å². The van der Waals surface area contributed by atoms with Crippen LogP contribution in [0.4, 0.5) is 0 Å². The smallest absolute Gasteiger partial charge is 0.0471 e. The van der Waals surface area contributed by atoms with E-state index in [0.29, 0.717) is 6.54 Å². The molecule has 0 radical (unpaired) electrons. The van der Waals surface area contributed by atoms with Crippen LogP contribution in [0.5, 0.6) is 0 Å². The summed E-state index contributed by atoms with van der Waals surface area (Å²) in [6.45, 7) is 5.62. The van der Waals surface area contributed by atoms with E-state index in [-0.39, 0.29) is 6.04 Å². The van der Waals surface area contributed by atoms with Crippen LogP contribution < -0.4 is 5.73 Å². The zero-order valence-corrected chi connectivity index (χ0v) is 13.7. The molecule has 0 saturated heterocycles. The van der Waals surface area contributed by atoms with Gasteiger partial charge in [0, 0.05) is 24.2 Å². The van der Waals surface area contributed by atoms with Crippen LogP contribution in [0.25, 0.3) is 0 Å². The van der Waals surface area contributed by atoms with E-state index in [9.17, 15) is 0 Å². The average Bonchev–Trinajstić information content (AvgIpc) is 2.41. The molecule has 112 valence electrons. The Bertz CT molecular complexity index is 590. The Morgan fingerprint density at radius 1 is 1.10 bits per heavy atom. The Balaban J connectivity index is 2.22. The number of rotatable bonds is 5. The molecular formula is C18H23ClN2. The maximum absolute atomic E-state index is 6.25. The van der Waals surface area contributed by atoms with E-state index < -0.39 is 0 Å². The van der Waals surface area contributed by atoms with Gasteiger partial charge in [0.05, 0.1) is 0 Å². The molecule has 21 heavy (non-hydrogen) atoms. The Morgan fingerprint density at radius 2 is 1.71 bits per heavy atom. The van der Waals surface area contributed by atoms with E-state index in [2.05, 4.69) is 50.1 Å². The number of nitrogens with zero attached hydrogens (tertiary/aromatic N) is 1. The molecule has 0 aromatic heterocycles. The minimum absolute atomic E-state index is 0.194. The highest BCUT2D eigenvalue weighted by molar-refractivity contribution is 6.31. The topological polar surface area (TPSA) is 29.3 Å². The summed E-state index contributed by atoms with van der Waals surface area (Å²) in [7, 11) is 2.10. The van der Waals surface area contributed by atoms with E-state index in [4.69, 9.17) is 17.3 Å². The molecule has 0 saturated carbocycles. The van der Waals surface area contributed by atoms with E-state index in [0.717, 1.165) is 17.1 Å². The van der Waals surface area contributed by atoms with Crippen LogP contribution in [-0.2, 0) is 6.54 Å². The number of nitrogens with two attached hydrogens (primary N) is 1. The zero-order valence-electron chi connectivity index (χ0n) is 12.9. The number of likely N-dealkylation sites (N-methyl/N-ethyl adjacent to an activating group) is 1. The van der Waals surface area contributed by atoms with Crippen LogP contribution >= 0.6 is 11.6 Å². The van der Waals surface area contributed by atoms with Crippen molar-refractivity contribution >= 4 is 11.6 Å². The summed E-state index contributed by atoms with van der Waals surface area (Å²) >= 11 is 6.25. The Kier molecular flexibility index (Phi) is 5.40. The van der Waals surface area contributed by atoms with Crippen LogP contribution in [0, 0.1) is 13.8 Å². The van der Waals surface area contributed by atoms with Crippen molar-refractivity contribution in [2.45, 2.75) is 26.4 Å². The van der Waals surface area contributed by atoms with Gasteiger partial charge in [0.25, 0.3) is 0 Å². The van der Waals surface area contributed by atoms with E-state index in [1.165, 1.54) is 16.7 Å². The number of hydrogen-bond donors (Lipinski definition) is 1. The molecule has 0 fully saturated rings. The third-order valence-corrected chi connectivity index (χ3v) is 4.13. The van der Waals surface area contributed by atoms with Gasteiger partial charge >= 0.3 is 0 Å². The van der Waals surface area contributed by atoms with Crippen molar-refractivity contribution in [2.24, 2.45) is 5.73 Å². The third kappa shape index (κ3) is 4.07. The van der Waals surface area contributed by atoms with Crippen molar-refractivity contribution in [3.63, 3.8) is 0 Å². The van der Waals surface area contributed by atoms with E-state index >= 15 is 0 Å². The van der Waals surface area contributed by atoms with Crippen molar-refractivity contribution in [1.82, 2.24) is 4.90 Å². The molecule has 0 heterocycles. The fourth-order valence-electron chi connectivity index (χ4n) is 2.78. The van der Waals surface area contributed by atoms with Crippen molar-refractivity contribution in [3.05, 3.63) is 69.7 Å². The first-order chi connectivity index (χ1) is 10.0. The lowest BCUT2D eigenvalue weighted by Gasteiger charge is -2.28. The standard InChI is InChI=1S/C18H23ClN2/c1-13-8-14(2)10-16(9-13)18(11-20)21(3)12-15-6-4-5-7-17(15)19/h4-10,18H,11-12,20H2,1-3H3. The highest BCUT2D eigenvalue weighted by Crippen LogP contribution is 2.24. The summed E-state index contributed by atoms with van der Waals surface area (Å²) in [4.78, 5) is 2.26. The van der Waals surface area contributed by atoms with Gasteiger partial charge in [-0.05, 0) is 38.1 Å². The third-order valence-electron chi connectivity index (χ3n) is 3.76. The molecule has 0 aliphatic rings. The molecule has 0 aliphatic carbocycles. The van der Waals surface area contributed by atoms with Crippen molar-refractivity contribution in [1.29, 1.82) is 0 Å². The lowest BCUT2D eigenvalue weighted by molar-refractivity contribution is 0.241. The van der Waals surface area contributed by atoms with Crippen LogP contribution in [0.1, 0.15) is 28.3 Å². The number of benzene rings is 2. The molecular weight excluding hydrogens is 280 g/mol. The molecule has 1 atom stereocenters. The Labute approximate surface area is 132 Å². The second kappa shape index (κ2) is 7.08. The van der Waals surface area contributed by atoms with Crippen LogP contribution in [-0.4, -0.2) is 18.5 Å². The maximum atomic E-state index is 6.25. The molecule has 2 nitrogen and oxygen atoms in total. The number of halogens is 1. The molecule has 0 aliphatic heterocycles. The molecule has 3 heteroatoms. The van der Waals surface area contributed by atoms with Gasteiger partial charge in [-0.25, -0.2) is 0 Å². The minimum Gasteiger partial charge on any atom is -0.329 e. The lowest BCUT2D eigenvalue weighted by atomic mass is 10.00. The quantitative estimate of drug-likeness (QED) is 0.901. The van der Waals surface area contributed by atoms with Gasteiger partial charge in [0.1, 0.15) is 0 Å². The van der Waals surface area contributed by atoms with Gasteiger partial charge in [0.15, 0.2) is 0 Å². The monoisotopic (exact) mass is 302 g/mol. The fraction of sp³-hybridized carbons (Fsp3) is 0.333. The SMILES string of the molecule is Cc1cc(C)cc(C(CN)N(C)Cc2ccccc2Cl)c1.